The Kier molecular flexibility index (Phi) is 5.77. The van der Waals surface area contributed by atoms with Gasteiger partial charge >= 0.3 is 0 Å². The van der Waals surface area contributed by atoms with Gasteiger partial charge in [-0.15, -0.1) is 0 Å². The van der Waals surface area contributed by atoms with Crippen LogP contribution >= 0.6 is 0 Å². The van der Waals surface area contributed by atoms with Crippen molar-refractivity contribution in [2.24, 2.45) is 0 Å². The second-order valence-corrected chi connectivity index (χ2v) is 6.06. The van der Waals surface area contributed by atoms with Crippen LogP contribution in [0.1, 0.15) is 38.5 Å². The fraction of sp³-hybridized carbons (Fsp3) is 0.588. The first-order valence-corrected chi connectivity index (χ1v) is 7.84. The molecule has 1 amide bonds. The standard InChI is InChI=1S/C17H24FNO3/c1-19(11-12-22-15-8-4-3-7-14(15)18)16(20)13-17(21)9-5-2-6-10-17/h3-4,7-8,21H,2,5-6,9-13H2,1H3. The van der Waals surface area contributed by atoms with Crippen LogP contribution < -0.4 is 4.74 Å². The molecular weight excluding hydrogens is 285 g/mol. The lowest BCUT2D eigenvalue weighted by atomic mass is 9.82. The van der Waals surface area contributed by atoms with Crippen molar-refractivity contribution in [3.05, 3.63) is 30.1 Å². The molecule has 1 aromatic rings. The summed E-state index contributed by atoms with van der Waals surface area (Å²) >= 11 is 0. The van der Waals surface area contributed by atoms with Gasteiger partial charge < -0.3 is 14.7 Å². The third kappa shape index (κ3) is 4.70. The van der Waals surface area contributed by atoms with E-state index in [1.165, 1.54) is 11.0 Å². The van der Waals surface area contributed by atoms with E-state index in [9.17, 15) is 14.3 Å². The van der Waals surface area contributed by atoms with Crippen LogP contribution in [-0.4, -0.2) is 41.7 Å². The van der Waals surface area contributed by atoms with Gasteiger partial charge in [0.25, 0.3) is 0 Å². The van der Waals surface area contributed by atoms with Gasteiger partial charge in [-0.3, -0.25) is 4.79 Å². The van der Waals surface area contributed by atoms with Crippen LogP contribution in [0, 0.1) is 5.82 Å². The minimum Gasteiger partial charge on any atom is -0.489 e. The molecule has 22 heavy (non-hydrogen) atoms. The number of carbonyl (C=O) groups is 1. The van der Waals surface area contributed by atoms with Crippen LogP contribution in [0.15, 0.2) is 24.3 Å². The first-order chi connectivity index (χ1) is 10.5. The maximum Gasteiger partial charge on any atom is 0.225 e. The summed E-state index contributed by atoms with van der Waals surface area (Å²) in [5, 5.41) is 10.4. The van der Waals surface area contributed by atoms with E-state index in [1.807, 2.05) is 0 Å². The monoisotopic (exact) mass is 309 g/mol. The predicted molar refractivity (Wildman–Crippen MR) is 82.2 cm³/mol. The maximum absolute atomic E-state index is 13.4. The summed E-state index contributed by atoms with van der Waals surface area (Å²) in [6, 6.07) is 6.19. The number of benzene rings is 1. The molecule has 0 bridgehead atoms. The number of aliphatic hydroxyl groups is 1. The van der Waals surface area contributed by atoms with Crippen molar-refractivity contribution in [2.75, 3.05) is 20.2 Å². The average molecular weight is 309 g/mol. The lowest BCUT2D eigenvalue weighted by Crippen LogP contribution is -2.40. The van der Waals surface area contributed by atoms with Crippen molar-refractivity contribution in [2.45, 2.75) is 44.1 Å². The number of likely N-dealkylation sites (N-methyl/N-ethyl adjacent to an activating group) is 1. The second kappa shape index (κ2) is 7.58. The van der Waals surface area contributed by atoms with Crippen LogP contribution in [-0.2, 0) is 4.79 Å². The smallest absolute Gasteiger partial charge is 0.225 e. The van der Waals surface area contributed by atoms with Crippen molar-refractivity contribution in [3.8, 4) is 5.75 Å². The quantitative estimate of drug-likeness (QED) is 0.879. The molecule has 2 rings (SSSR count). The zero-order valence-electron chi connectivity index (χ0n) is 13.1. The molecule has 0 radical (unpaired) electrons. The Labute approximate surface area is 130 Å². The third-order valence-corrected chi connectivity index (χ3v) is 4.21. The van der Waals surface area contributed by atoms with Crippen LogP contribution in [0.5, 0.6) is 5.75 Å². The van der Waals surface area contributed by atoms with Crippen LogP contribution in [0.2, 0.25) is 0 Å². The normalized spacial score (nSPS) is 17.0. The lowest BCUT2D eigenvalue weighted by molar-refractivity contribution is -0.136. The van der Waals surface area contributed by atoms with Gasteiger partial charge in [-0.25, -0.2) is 4.39 Å². The molecule has 0 spiro atoms. The predicted octanol–water partition coefficient (Wildman–Crippen LogP) is 2.75. The van der Waals surface area contributed by atoms with E-state index in [0.29, 0.717) is 19.4 Å². The molecule has 5 heteroatoms. The van der Waals surface area contributed by atoms with Gasteiger partial charge in [-0.1, -0.05) is 31.4 Å². The van der Waals surface area contributed by atoms with Gasteiger partial charge in [0.1, 0.15) is 6.61 Å². The molecule has 1 N–H and O–H groups in total. The Bertz CT molecular complexity index is 500. The number of amides is 1. The van der Waals surface area contributed by atoms with E-state index < -0.39 is 11.4 Å². The Hall–Kier alpha value is -1.62. The fourth-order valence-corrected chi connectivity index (χ4v) is 2.78. The highest BCUT2D eigenvalue weighted by Crippen LogP contribution is 2.31. The number of hydrogen-bond acceptors (Lipinski definition) is 3. The topological polar surface area (TPSA) is 49.8 Å². The number of carbonyl (C=O) groups excluding carboxylic acids is 1. The minimum atomic E-state index is -0.851. The van der Waals surface area contributed by atoms with E-state index in [1.54, 1.807) is 25.2 Å². The SMILES string of the molecule is CN(CCOc1ccccc1F)C(=O)CC1(O)CCCCC1. The van der Waals surface area contributed by atoms with E-state index in [4.69, 9.17) is 4.74 Å². The van der Waals surface area contributed by atoms with Gasteiger partial charge in [-0.05, 0) is 25.0 Å². The second-order valence-electron chi connectivity index (χ2n) is 6.06. The van der Waals surface area contributed by atoms with Crippen LogP contribution in [0.4, 0.5) is 4.39 Å². The van der Waals surface area contributed by atoms with Gasteiger partial charge in [0.15, 0.2) is 11.6 Å². The highest BCUT2D eigenvalue weighted by Gasteiger charge is 2.32. The molecule has 0 heterocycles. The molecule has 1 aliphatic carbocycles. The minimum absolute atomic E-state index is 0.0958. The Morgan fingerprint density at radius 2 is 2.00 bits per heavy atom. The van der Waals surface area contributed by atoms with Gasteiger partial charge in [0.05, 0.1) is 18.6 Å². The first-order valence-electron chi connectivity index (χ1n) is 7.84. The first kappa shape index (κ1) is 16.7. The molecule has 1 aliphatic rings. The Morgan fingerprint density at radius 3 is 2.68 bits per heavy atom. The highest BCUT2D eigenvalue weighted by atomic mass is 19.1. The number of halogens is 1. The van der Waals surface area contributed by atoms with Crippen molar-refractivity contribution in [1.82, 2.24) is 4.90 Å². The summed E-state index contributed by atoms with van der Waals surface area (Å²) in [6.45, 7) is 0.588. The molecule has 0 saturated heterocycles. The number of nitrogens with zero attached hydrogens (tertiary/aromatic N) is 1. The van der Waals surface area contributed by atoms with E-state index in [0.717, 1.165) is 19.3 Å². The lowest BCUT2D eigenvalue weighted by Gasteiger charge is -2.32. The Balaban J connectivity index is 1.75. The molecule has 122 valence electrons. The number of rotatable bonds is 6. The molecule has 1 aromatic carbocycles. The molecule has 0 atom stereocenters. The number of ether oxygens (including phenoxy) is 1. The summed E-state index contributed by atoms with van der Waals surface area (Å²) in [5.74, 6) is -0.316. The molecule has 0 unspecified atom stereocenters. The van der Waals surface area contributed by atoms with Gasteiger partial charge in [0.2, 0.25) is 5.91 Å². The Morgan fingerprint density at radius 1 is 1.32 bits per heavy atom. The number of para-hydroxylation sites is 1. The van der Waals surface area contributed by atoms with Gasteiger partial charge in [-0.2, -0.15) is 0 Å². The highest BCUT2D eigenvalue weighted by molar-refractivity contribution is 5.77. The van der Waals surface area contributed by atoms with Crippen LogP contribution in [0.25, 0.3) is 0 Å². The molecule has 4 nitrogen and oxygen atoms in total. The largest absolute Gasteiger partial charge is 0.489 e. The zero-order valence-corrected chi connectivity index (χ0v) is 13.1. The average Bonchev–Trinajstić information content (AvgIpc) is 2.49. The summed E-state index contributed by atoms with van der Waals surface area (Å²) in [6.07, 6.45) is 4.62. The van der Waals surface area contributed by atoms with E-state index >= 15 is 0 Å². The maximum atomic E-state index is 13.4. The fourth-order valence-electron chi connectivity index (χ4n) is 2.78. The van der Waals surface area contributed by atoms with Gasteiger partial charge in [0, 0.05) is 7.05 Å². The zero-order chi connectivity index (χ0) is 16.0. The molecular formula is C17H24FNO3. The summed E-state index contributed by atoms with van der Waals surface area (Å²) in [5.41, 5.74) is -0.851. The van der Waals surface area contributed by atoms with Crippen LogP contribution in [0.3, 0.4) is 0 Å². The summed E-state index contributed by atoms with van der Waals surface area (Å²) < 4.78 is 18.7. The summed E-state index contributed by atoms with van der Waals surface area (Å²) in [4.78, 5) is 13.7. The molecule has 0 aliphatic heterocycles. The number of hydrogen-bond donors (Lipinski definition) is 1. The van der Waals surface area contributed by atoms with Crippen molar-refractivity contribution >= 4 is 5.91 Å². The van der Waals surface area contributed by atoms with Crippen molar-refractivity contribution in [3.63, 3.8) is 0 Å². The molecule has 1 fully saturated rings. The van der Waals surface area contributed by atoms with Crippen molar-refractivity contribution < 1.29 is 19.0 Å². The molecule has 1 saturated carbocycles. The molecule has 0 aromatic heterocycles. The van der Waals surface area contributed by atoms with E-state index in [2.05, 4.69) is 0 Å². The third-order valence-electron chi connectivity index (χ3n) is 4.21. The van der Waals surface area contributed by atoms with E-state index in [-0.39, 0.29) is 24.7 Å². The van der Waals surface area contributed by atoms with Crippen molar-refractivity contribution in [1.29, 1.82) is 0 Å². The summed E-state index contributed by atoms with van der Waals surface area (Å²) in [7, 11) is 1.68.